The highest BCUT2D eigenvalue weighted by atomic mass is 19.1. The number of fused-ring (bicyclic) bond motifs is 1. The van der Waals surface area contributed by atoms with Crippen LogP contribution in [0.5, 0.6) is 11.6 Å². The number of hydrogen-bond acceptors (Lipinski definition) is 6. The lowest BCUT2D eigenvalue weighted by molar-refractivity contribution is 0.340. The van der Waals surface area contributed by atoms with E-state index < -0.39 is 5.82 Å². The number of ether oxygens (including phenoxy) is 1. The maximum Gasteiger partial charge on any atom is 0.198 e. The molecular weight excluding hydrogens is 445 g/mol. The van der Waals surface area contributed by atoms with Gasteiger partial charge in [0.05, 0.1) is 46.5 Å². The van der Waals surface area contributed by atoms with E-state index in [9.17, 15) is 9.50 Å². The number of aromatic amines is 1. The zero-order valence-corrected chi connectivity index (χ0v) is 19.8. The summed E-state index contributed by atoms with van der Waals surface area (Å²) >= 11 is 0. The first kappa shape index (κ1) is 22.9. The molecule has 1 aliphatic heterocycles. The molecule has 3 heterocycles. The number of benzene rings is 2. The molecule has 0 radical (unpaired) electrons. The number of hydrogen-bond donors (Lipinski definition) is 3. The minimum Gasteiger partial charge on any atom is -0.494 e. The van der Waals surface area contributed by atoms with E-state index in [1.54, 1.807) is 24.4 Å². The van der Waals surface area contributed by atoms with Crippen LogP contribution in [0.4, 0.5) is 15.8 Å². The molecule has 5 rings (SSSR count). The van der Waals surface area contributed by atoms with Gasteiger partial charge in [-0.25, -0.2) is 4.39 Å². The number of halogens is 1. The first-order valence-corrected chi connectivity index (χ1v) is 11.8. The minimum atomic E-state index is -0.418. The number of H-pyrrole nitrogens is 1. The van der Waals surface area contributed by atoms with E-state index in [-0.39, 0.29) is 5.88 Å². The van der Waals surface area contributed by atoms with Gasteiger partial charge in [0.1, 0.15) is 11.6 Å². The number of rotatable bonds is 6. The Balaban J connectivity index is 1.51. The minimum absolute atomic E-state index is 0.00352. The Labute approximate surface area is 203 Å². The number of aromatic nitrogens is 2. The molecule has 2 aromatic carbocycles. The quantitative estimate of drug-likeness (QED) is 0.342. The van der Waals surface area contributed by atoms with E-state index in [0.29, 0.717) is 45.8 Å². The fraction of sp³-hybridized carbons (Fsp3) is 0.259. The molecule has 0 amide bonds. The van der Waals surface area contributed by atoms with E-state index in [0.717, 1.165) is 31.9 Å². The van der Waals surface area contributed by atoms with Gasteiger partial charge in [0.25, 0.3) is 0 Å². The van der Waals surface area contributed by atoms with Crippen LogP contribution in [-0.2, 0) is 0 Å². The second kappa shape index (κ2) is 9.76. The highest BCUT2D eigenvalue weighted by Gasteiger charge is 2.19. The van der Waals surface area contributed by atoms with Crippen LogP contribution in [0, 0.1) is 5.82 Å². The molecule has 7 nitrogen and oxygen atoms in total. The lowest BCUT2D eigenvalue weighted by atomic mass is 10.0. The predicted molar refractivity (Wildman–Crippen MR) is 138 cm³/mol. The number of anilines is 1. The summed E-state index contributed by atoms with van der Waals surface area (Å²) in [5, 5.41) is 14.7. The molecule has 1 saturated heterocycles. The van der Waals surface area contributed by atoms with Crippen LogP contribution >= 0.6 is 0 Å². The van der Waals surface area contributed by atoms with E-state index in [1.807, 2.05) is 26.0 Å². The Bertz CT molecular complexity index is 1370. The molecule has 0 unspecified atom stereocenters. The van der Waals surface area contributed by atoms with Gasteiger partial charge >= 0.3 is 0 Å². The summed E-state index contributed by atoms with van der Waals surface area (Å²) in [6, 6.07) is 14.6. The Hall–Kier alpha value is -3.91. The number of pyridine rings is 1. The largest absolute Gasteiger partial charge is 0.494 e. The molecule has 180 valence electrons. The first-order valence-electron chi connectivity index (χ1n) is 11.8. The molecule has 1 fully saturated rings. The van der Waals surface area contributed by atoms with Crippen molar-refractivity contribution in [1.82, 2.24) is 15.3 Å². The standard InChI is InChI=1S/C27H28FN5O2/c1-3-35-24-6-4-5-21(28)26(24)22-15-20-23(16-30-22)32-27(34)25(20)17(2)31-18-7-9-19(10-8-18)33-13-11-29-12-14-33/h4-10,15-16,29,32,34H,3,11-14H2,1-2H3. The van der Waals surface area contributed by atoms with Crippen molar-refractivity contribution in [1.29, 1.82) is 0 Å². The number of aliphatic imine (C=N–C) groups is 1. The molecule has 0 bridgehead atoms. The van der Waals surface area contributed by atoms with Crippen molar-refractivity contribution >= 4 is 28.0 Å². The summed E-state index contributed by atoms with van der Waals surface area (Å²) in [6.07, 6.45) is 1.59. The van der Waals surface area contributed by atoms with Crippen molar-refractivity contribution in [2.75, 3.05) is 37.7 Å². The second-order valence-corrected chi connectivity index (χ2v) is 8.46. The van der Waals surface area contributed by atoms with E-state index in [4.69, 9.17) is 9.73 Å². The van der Waals surface area contributed by atoms with Crippen molar-refractivity contribution in [2.45, 2.75) is 13.8 Å². The molecule has 8 heteroatoms. The maximum absolute atomic E-state index is 14.8. The molecule has 3 N–H and O–H groups in total. The number of aromatic hydroxyl groups is 1. The average Bonchev–Trinajstić information content (AvgIpc) is 3.20. The van der Waals surface area contributed by atoms with Gasteiger partial charge in [0.2, 0.25) is 0 Å². The normalized spacial score (nSPS) is 14.5. The van der Waals surface area contributed by atoms with Gasteiger partial charge in [-0.3, -0.25) is 9.98 Å². The van der Waals surface area contributed by atoms with Crippen LogP contribution < -0.4 is 15.0 Å². The fourth-order valence-corrected chi connectivity index (χ4v) is 4.52. The molecular formula is C27H28FN5O2. The summed E-state index contributed by atoms with van der Waals surface area (Å²) in [5.41, 5.74) is 4.51. The molecule has 1 aliphatic rings. The van der Waals surface area contributed by atoms with Crippen LogP contribution in [0.3, 0.4) is 0 Å². The number of nitrogens with one attached hydrogen (secondary N) is 2. The molecule has 0 atom stereocenters. The van der Waals surface area contributed by atoms with Gasteiger partial charge in [0.15, 0.2) is 5.88 Å². The summed E-state index contributed by atoms with van der Waals surface area (Å²) in [7, 11) is 0. The molecule has 2 aromatic heterocycles. The Kier molecular flexibility index (Phi) is 6.37. The third kappa shape index (κ3) is 4.57. The highest BCUT2D eigenvalue weighted by molar-refractivity contribution is 6.13. The molecule has 0 aliphatic carbocycles. The zero-order chi connectivity index (χ0) is 24.4. The van der Waals surface area contributed by atoms with Crippen LogP contribution in [0.25, 0.3) is 22.2 Å². The summed E-state index contributed by atoms with van der Waals surface area (Å²) in [4.78, 5) is 14.5. The molecule has 4 aromatic rings. The van der Waals surface area contributed by atoms with E-state index in [1.165, 1.54) is 11.8 Å². The van der Waals surface area contributed by atoms with Gasteiger partial charge < -0.3 is 25.0 Å². The topological polar surface area (TPSA) is 85.8 Å². The first-order chi connectivity index (χ1) is 17.0. The fourth-order valence-electron chi connectivity index (χ4n) is 4.52. The highest BCUT2D eigenvalue weighted by Crippen LogP contribution is 2.36. The van der Waals surface area contributed by atoms with Crippen molar-refractivity contribution in [3.05, 3.63) is 66.1 Å². The number of nitrogens with zero attached hydrogens (tertiary/aromatic N) is 3. The lowest BCUT2D eigenvalue weighted by Crippen LogP contribution is -2.43. The van der Waals surface area contributed by atoms with Gasteiger partial charge in [-0.2, -0.15) is 0 Å². The van der Waals surface area contributed by atoms with Crippen LogP contribution in [-0.4, -0.2) is 53.6 Å². The Morgan fingerprint density at radius 1 is 1.17 bits per heavy atom. The van der Waals surface area contributed by atoms with Gasteiger partial charge in [-0.1, -0.05) is 6.07 Å². The summed E-state index contributed by atoms with van der Waals surface area (Å²) in [5.74, 6) is 0.00546. The van der Waals surface area contributed by atoms with Gasteiger partial charge in [-0.05, 0) is 56.3 Å². The van der Waals surface area contributed by atoms with Crippen LogP contribution in [0.15, 0.2) is 59.7 Å². The lowest BCUT2D eigenvalue weighted by Gasteiger charge is -2.29. The van der Waals surface area contributed by atoms with Crippen molar-refractivity contribution in [2.24, 2.45) is 4.99 Å². The van der Waals surface area contributed by atoms with Crippen molar-refractivity contribution in [3.8, 4) is 22.9 Å². The smallest absolute Gasteiger partial charge is 0.198 e. The average molecular weight is 474 g/mol. The van der Waals surface area contributed by atoms with Crippen LogP contribution in [0.2, 0.25) is 0 Å². The summed E-state index contributed by atoms with van der Waals surface area (Å²) in [6.45, 7) is 8.03. The second-order valence-electron chi connectivity index (χ2n) is 8.46. The molecule has 0 saturated carbocycles. The molecule has 0 spiro atoms. The summed E-state index contributed by atoms with van der Waals surface area (Å²) < 4.78 is 20.4. The zero-order valence-electron chi connectivity index (χ0n) is 19.8. The van der Waals surface area contributed by atoms with Crippen molar-refractivity contribution < 1.29 is 14.2 Å². The SMILES string of the molecule is CCOc1cccc(F)c1-c1cc2c(C(C)=Nc3ccc(N4CCNCC4)cc3)c(O)[nH]c2cn1. The van der Waals surface area contributed by atoms with Gasteiger partial charge in [-0.15, -0.1) is 0 Å². The third-order valence-electron chi connectivity index (χ3n) is 6.18. The molecule has 35 heavy (non-hydrogen) atoms. The van der Waals surface area contributed by atoms with E-state index in [2.05, 4.69) is 32.3 Å². The Morgan fingerprint density at radius 2 is 1.94 bits per heavy atom. The maximum atomic E-state index is 14.8. The Morgan fingerprint density at radius 3 is 2.69 bits per heavy atom. The van der Waals surface area contributed by atoms with Gasteiger partial charge in [0, 0.05) is 37.3 Å². The van der Waals surface area contributed by atoms with Crippen molar-refractivity contribution in [3.63, 3.8) is 0 Å². The predicted octanol–water partition coefficient (Wildman–Crippen LogP) is 5.02. The number of piperazine rings is 1. The van der Waals surface area contributed by atoms with E-state index >= 15 is 0 Å². The third-order valence-corrected chi connectivity index (χ3v) is 6.18. The van der Waals surface area contributed by atoms with Crippen LogP contribution in [0.1, 0.15) is 19.4 Å². The monoisotopic (exact) mass is 473 g/mol.